The zero-order chi connectivity index (χ0) is 10.8. The van der Waals surface area contributed by atoms with Gasteiger partial charge >= 0.3 is 0 Å². The third kappa shape index (κ3) is 7.34. The maximum absolute atomic E-state index is 3.32. The molecule has 0 saturated heterocycles. The van der Waals surface area contributed by atoms with Crippen molar-refractivity contribution < 1.29 is 0 Å². The van der Waals surface area contributed by atoms with E-state index >= 15 is 0 Å². The third-order valence-electron chi connectivity index (χ3n) is 2.18. The largest absolute Gasteiger partial charge is 0.306 e. The van der Waals surface area contributed by atoms with E-state index in [1.54, 1.807) is 0 Å². The maximum atomic E-state index is 3.32. The Morgan fingerprint density at radius 1 is 1.12 bits per heavy atom. The van der Waals surface area contributed by atoms with Crippen LogP contribution >= 0.6 is 12.4 Å². The van der Waals surface area contributed by atoms with Gasteiger partial charge in [-0.25, -0.2) is 0 Å². The van der Waals surface area contributed by atoms with Gasteiger partial charge in [-0.05, 0) is 25.1 Å². The minimum Gasteiger partial charge on any atom is -0.306 e. The molecule has 0 unspecified atom stereocenters. The van der Waals surface area contributed by atoms with Gasteiger partial charge in [0.05, 0.1) is 6.54 Å². The van der Waals surface area contributed by atoms with E-state index in [-0.39, 0.29) is 12.4 Å². The van der Waals surface area contributed by atoms with Crippen molar-refractivity contribution in [2.75, 3.05) is 13.1 Å². The smallest absolute Gasteiger partial charge is 0.0580 e. The molecule has 1 rings (SSSR count). The van der Waals surface area contributed by atoms with Gasteiger partial charge < -0.3 is 5.32 Å². The number of hydrogen-bond donors (Lipinski definition) is 1. The van der Waals surface area contributed by atoms with E-state index in [9.17, 15) is 0 Å². The van der Waals surface area contributed by atoms with Crippen LogP contribution in [0.15, 0.2) is 30.3 Å². The lowest BCUT2D eigenvalue weighted by Gasteiger charge is -1.97. The number of hydrogen-bond acceptors (Lipinski definition) is 1. The highest BCUT2D eigenvalue weighted by molar-refractivity contribution is 5.85. The van der Waals surface area contributed by atoms with Crippen molar-refractivity contribution in [2.45, 2.75) is 26.2 Å². The predicted octanol–water partition coefficient (Wildman–Crippen LogP) is 3.24. The van der Waals surface area contributed by atoms with Crippen LogP contribution in [0.4, 0.5) is 0 Å². The van der Waals surface area contributed by atoms with E-state index in [1.807, 2.05) is 30.3 Å². The molecule has 1 aromatic carbocycles. The number of halogens is 1. The van der Waals surface area contributed by atoms with Gasteiger partial charge in [0.2, 0.25) is 0 Å². The van der Waals surface area contributed by atoms with Gasteiger partial charge in [0.25, 0.3) is 0 Å². The molecule has 1 nitrogen and oxygen atoms in total. The van der Waals surface area contributed by atoms with Crippen LogP contribution < -0.4 is 5.32 Å². The molecule has 0 saturated carbocycles. The second-order valence-corrected chi connectivity index (χ2v) is 3.55. The van der Waals surface area contributed by atoms with Crippen LogP contribution in [0, 0.1) is 11.8 Å². The molecule has 0 atom stereocenters. The monoisotopic (exact) mass is 237 g/mol. The number of benzene rings is 1. The highest BCUT2D eigenvalue weighted by atomic mass is 35.5. The van der Waals surface area contributed by atoms with Crippen molar-refractivity contribution >= 4 is 12.4 Å². The van der Waals surface area contributed by atoms with Gasteiger partial charge in [0.1, 0.15) is 0 Å². The predicted molar refractivity (Wildman–Crippen MR) is 73.0 cm³/mol. The second-order valence-electron chi connectivity index (χ2n) is 3.55. The maximum Gasteiger partial charge on any atom is 0.0580 e. The van der Waals surface area contributed by atoms with Crippen LogP contribution in [0.5, 0.6) is 0 Å². The Hall–Kier alpha value is -0.970. The second kappa shape index (κ2) is 10.5. The molecule has 0 fully saturated rings. The average Bonchev–Trinajstić information content (AvgIpc) is 2.29. The van der Waals surface area contributed by atoms with Crippen molar-refractivity contribution in [3.63, 3.8) is 0 Å². The van der Waals surface area contributed by atoms with E-state index in [0.717, 1.165) is 18.7 Å². The summed E-state index contributed by atoms with van der Waals surface area (Å²) in [4.78, 5) is 0. The Labute approximate surface area is 105 Å². The molecule has 88 valence electrons. The Bertz CT molecular complexity index is 311. The van der Waals surface area contributed by atoms with Crippen LogP contribution in [-0.2, 0) is 0 Å². The van der Waals surface area contributed by atoms with Gasteiger partial charge in [0, 0.05) is 5.56 Å². The quantitative estimate of drug-likeness (QED) is 0.613. The van der Waals surface area contributed by atoms with Crippen LogP contribution in [0.25, 0.3) is 0 Å². The van der Waals surface area contributed by atoms with E-state index in [4.69, 9.17) is 0 Å². The topological polar surface area (TPSA) is 12.0 Å². The fraction of sp³-hybridized carbons (Fsp3) is 0.429. The molecular formula is C14H20ClN. The van der Waals surface area contributed by atoms with Crippen LogP contribution in [0.1, 0.15) is 31.7 Å². The van der Waals surface area contributed by atoms with Crippen LogP contribution in [0.2, 0.25) is 0 Å². The minimum atomic E-state index is 0. The Morgan fingerprint density at radius 2 is 1.88 bits per heavy atom. The van der Waals surface area contributed by atoms with Gasteiger partial charge in [0.15, 0.2) is 0 Å². The summed E-state index contributed by atoms with van der Waals surface area (Å²) in [5.74, 6) is 6.24. The average molecular weight is 238 g/mol. The number of nitrogens with one attached hydrogen (secondary N) is 1. The van der Waals surface area contributed by atoms with Gasteiger partial charge in [-0.2, -0.15) is 0 Å². The fourth-order valence-electron chi connectivity index (χ4n) is 1.32. The molecule has 0 aliphatic carbocycles. The molecule has 0 aromatic heterocycles. The van der Waals surface area contributed by atoms with E-state index in [2.05, 4.69) is 24.1 Å². The molecule has 1 aromatic rings. The highest BCUT2D eigenvalue weighted by Gasteiger charge is 1.84. The molecule has 0 amide bonds. The SMILES string of the molecule is CCCCCNCC#Cc1ccccc1.Cl. The van der Waals surface area contributed by atoms with Gasteiger partial charge in [-0.15, -0.1) is 12.4 Å². The van der Waals surface area contributed by atoms with Gasteiger partial charge in [-0.3, -0.25) is 0 Å². The molecule has 0 heterocycles. The van der Waals surface area contributed by atoms with Crippen molar-refractivity contribution in [3.8, 4) is 11.8 Å². The zero-order valence-electron chi connectivity index (χ0n) is 9.83. The molecule has 16 heavy (non-hydrogen) atoms. The first-order chi connectivity index (χ1) is 7.43. The van der Waals surface area contributed by atoms with Crippen molar-refractivity contribution in [1.82, 2.24) is 5.32 Å². The molecule has 0 aliphatic heterocycles. The molecular weight excluding hydrogens is 218 g/mol. The van der Waals surface area contributed by atoms with Crippen LogP contribution in [-0.4, -0.2) is 13.1 Å². The molecule has 0 radical (unpaired) electrons. The first-order valence-electron chi connectivity index (χ1n) is 5.68. The molecule has 0 spiro atoms. The summed E-state index contributed by atoms with van der Waals surface area (Å²) in [5.41, 5.74) is 1.09. The van der Waals surface area contributed by atoms with Crippen molar-refractivity contribution in [1.29, 1.82) is 0 Å². The van der Waals surface area contributed by atoms with Crippen molar-refractivity contribution in [3.05, 3.63) is 35.9 Å². The van der Waals surface area contributed by atoms with E-state index in [0.29, 0.717) is 0 Å². The molecule has 1 N–H and O–H groups in total. The highest BCUT2D eigenvalue weighted by Crippen LogP contribution is 1.94. The standard InChI is InChI=1S/C14H19N.ClH/c1-2-3-7-12-15-13-8-11-14-9-5-4-6-10-14;/h4-6,9-10,15H,2-3,7,12-13H2,1H3;1H. The number of rotatable bonds is 5. The lowest BCUT2D eigenvalue weighted by Crippen LogP contribution is -2.15. The summed E-state index contributed by atoms with van der Waals surface area (Å²) in [5, 5.41) is 3.32. The minimum absolute atomic E-state index is 0. The van der Waals surface area contributed by atoms with Gasteiger partial charge in [-0.1, -0.05) is 49.8 Å². The lowest BCUT2D eigenvalue weighted by molar-refractivity contribution is 0.650. The van der Waals surface area contributed by atoms with E-state index in [1.165, 1.54) is 19.3 Å². The van der Waals surface area contributed by atoms with Crippen LogP contribution in [0.3, 0.4) is 0 Å². The van der Waals surface area contributed by atoms with E-state index < -0.39 is 0 Å². The Kier molecular flexibility index (Phi) is 9.91. The molecule has 0 aliphatic rings. The molecule has 2 heteroatoms. The summed E-state index contributed by atoms with van der Waals surface area (Å²) in [7, 11) is 0. The third-order valence-corrected chi connectivity index (χ3v) is 2.18. The summed E-state index contributed by atoms with van der Waals surface area (Å²) in [6.07, 6.45) is 3.83. The first-order valence-corrected chi connectivity index (χ1v) is 5.68. The summed E-state index contributed by atoms with van der Waals surface area (Å²) in [6.45, 7) is 4.09. The first kappa shape index (κ1) is 15.0. The molecule has 0 bridgehead atoms. The zero-order valence-corrected chi connectivity index (χ0v) is 10.6. The Morgan fingerprint density at radius 3 is 2.56 bits per heavy atom. The summed E-state index contributed by atoms with van der Waals surface area (Å²) < 4.78 is 0. The fourth-order valence-corrected chi connectivity index (χ4v) is 1.32. The summed E-state index contributed by atoms with van der Waals surface area (Å²) >= 11 is 0. The van der Waals surface area contributed by atoms with Crippen molar-refractivity contribution in [2.24, 2.45) is 0 Å². The normalized spacial score (nSPS) is 8.81. The summed E-state index contributed by atoms with van der Waals surface area (Å²) in [6, 6.07) is 10.1. The Balaban J connectivity index is 0.00000225. The lowest BCUT2D eigenvalue weighted by atomic mass is 10.2. The number of unbranched alkanes of at least 4 members (excludes halogenated alkanes) is 2.